The number of alkyl halides is 21. The van der Waals surface area contributed by atoms with Gasteiger partial charge >= 0.3 is 58.7 Å². The van der Waals surface area contributed by atoms with E-state index in [1.165, 1.54) is 0 Å². The molecule has 0 atom stereocenters. The third-order valence-corrected chi connectivity index (χ3v) is 4.26. The third kappa shape index (κ3) is 3.91. The number of carbonyl (C=O) groups excluding carboxylic acids is 1. The highest BCUT2D eigenvalue weighted by Crippen LogP contribution is 2.66. The SMILES string of the molecule is CNC(=O)C(F)(F)C(F)(F)C(F)(F)C(F)(F)C(F)(F)C(F)(F)C(F)(F)C(F)(F)C(F)(F)C(F)(F)Cl. The van der Waals surface area contributed by atoms with Crippen molar-refractivity contribution in [3.05, 3.63) is 0 Å². The molecule has 0 aliphatic heterocycles. The van der Waals surface area contributed by atoms with Crippen molar-refractivity contribution in [3.8, 4) is 0 Å². The number of rotatable bonds is 10. The minimum atomic E-state index is -9.14. The summed E-state index contributed by atoms with van der Waals surface area (Å²) in [6, 6.07) is 0. The standard InChI is InChI=1S/C12H4ClF20NO/c1-34-2(35)3(14,15)4(16,17)5(18,19)6(20,21)7(22,23)8(24,25)9(26,27)10(28,29)11(30,31)12(13,32)33/h1H3,(H,34,35). The van der Waals surface area contributed by atoms with Gasteiger partial charge in [0, 0.05) is 7.05 Å². The molecule has 0 rings (SSSR count). The molecule has 0 spiro atoms. The van der Waals surface area contributed by atoms with Crippen molar-refractivity contribution in [2.75, 3.05) is 7.05 Å². The van der Waals surface area contributed by atoms with E-state index in [1.54, 1.807) is 0 Å². The van der Waals surface area contributed by atoms with E-state index in [1.807, 2.05) is 0 Å². The summed E-state index contributed by atoms with van der Waals surface area (Å²) in [6.45, 7) is 0. The van der Waals surface area contributed by atoms with Crippen molar-refractivity contribution in [1.82, 2.24) is 5.32 Å². The Kier molecular flexibility index (Phi) is 7.80. The van der Waals surface area contributed by atoms with E-state index in [0.717, 1.165) is 0 Å². The fourth-order valence-corrected chi connectivity index (χ4v) is 1.98. The van der Waals surface area contributed by atoms with Gasteiger partial charge in [-0.25, -0.2) is 0 Å². The third-order valence-electron chi connectivity index (χ3n) is 4.02. The van der Waals surface area contributed by atoms with Crippen molar-refractivity contribution in [2.24, 2.45) is 0 Å². The molecule has 0 bridgehead atoms. The van der Waals surface area contributed by atoms with E-state index in [0.29, 0.717) is 5.32 Å². The summed E-state index contributed by atoms with van der Waals surface area (Å²) in [6.07, 6.45) is 0. The summed E-state index contributed by atoms with van der Waals surface area (Å²) >= 11 is 3.28. The Morgan fingerprint density at radius 1 is 0.457 bits per heavy atom. The highest BCUT2D eigenvalue weighted by Gasteiger charge is 2.97. The van der Waals surface area contributed by atoms with Crippen molar-refractivity contribution in [1.29, 1.82) is 0 Å². The molecule has 0 radical (unpaired) electrons. The zero-order valence-electron chi connectivity index (χ0n) is 15.3. The first-order valence-corrected chi connectivity index (χ1v) is 7.80. The van der Waals surface area contributed by atoms with E-state index in [-0.39, 0.29) is 7.05 Å². The zero-order chi connectivity index (χ0) is 29.3. The van der Waals surface area contributed by atoms with Crippen LogP contribution in [0.1, 0.15) is 0 Å². The first kappa shape index (κ1) is 33.4. The Hall–Kier alpha value is -1.64. The van der Waals surface area contributed by atoms with Gasteiger partial charge < -0.3 is 5.32 Å². The molecule has 0 aromatic carbocycles. The van der Waals surface area contributed by atoms with Crippen molar-refractivity contribution in [3.63, 3.8) is 0 Å². The van der Waals surface area contributed by atoms with Gasteiger partial charge in [-0.1, -0.05) is 0 Å². The highest BCUT2D eigenvalue weighted by atomic mass is 35.5. The molecule has 210 valence electrons. The zero-order valence-corrected chi connectivity index (χ0v) is 16.1. The van der Waals surface area contributed by atoms with Gasteiger partial charge in [0.25, 0.3) is 5.91 Å². The van der Waals surface area contributed by atoms with E-state index in [9.17, 15) is 92.6 Å². The van der Waals surface area contributed by atoms with Crippen LogP contribution in [0.5, 0.6) is 0 Å². The largest absolute Gasteiger partial charge is 0.393 e. The molecule has 0 aromatic heterocycles. The quantitative estimate of drug-likeness (QED) is 0.235. The van der Waals surface area contributed by atoms with E-state index in [2.05, 4.69) is 11.6 Å². The van der Waals surface area contributed by atoms with Gasteiger partial charge in [0.15, 0.2) is 0 Å². The smallest absolute Gasteiger partial charge is 0.354 e. The maximum absolute atomic E-state index is 13.5. The molecule has 23 heteroatoms. The molecule has 0 saturated heterocycles. The van der Waals surface area contributed by atoms with Gasteiger partial charge in [0.1, 0.15) is 0 Å². The number of amides is 1. The van der Waals surface area contributed by atoms with Gasteiger partial charge in [-0.3, -0.25) is 4.79 Å². The van der Waals surface area contributed by atoms with Crippen LogP contribution in [0.25, 0.3) is 0 Å². The Balaban J connectivity index is 7.12. The summed E-state index contributed by atoms with van der Waals surface area (Å²) in [5.74, 6) is -80.8. The maximum Gasteiger partial charge on any atom is 0.393 e. The lowest BCUT2D eigenvalue weighted by Gasteiger charge is -2.44. The number of carbonyl (C=O) groups is 1. The lowest BCUT2D eigenvalue weighted by Crippen LogP contribution is -2.77. The number of nitrogens with one attached hydrogen (secondary N) is 1. The second-order valence-electron chi connectivity index (χ2n) is 6.25. The number of hydrogen-bond donors (Lipinski definition) is 1. The van der Waals surface area contributed by atoms with Crippen LogP contribution in [0.4, 0.5) is 87.8 Å². The van der Waals surface area contributed by atoms with E-state index >= 15 is 0 Å². The average Bonchev–Trinajstić information content (AvgIpc) is 2.64. The summed E-state index contributed by atoms with van der Waals surface area (Å²) in [7, 11) is -0.0825. The molecule has 1 N–H and O–H groups in total. The van der Waals surface area contributed by atoms with Gasteiger partial charge in [-0.05, 0) is 11.6 Å². The Bertz CT molecular complexity index is 813. The molecule has 0 aromatic rings. The van der Waals surface area contributed by atoms with E-state index in [4.69, 9.17) is 0 Å². The fraction of sp³-hybridized carbons (Fsp3) is 0.917. The molecule has 0 aliphatic carbocycles. The summed E-state index contributed by atoms with van der Waals surface area (Å²) in [5.41, 5.74) is 0. The van der Waals surface area contributed by atoms with Crippen LogP contribution < -0.4 is 5.32 Å². The molecule has 2 nitrogen and oxygen atoms in total. The fourth-order valence-electron chi connectivity index (χ4n) is 1.86. The molecule has 35 heavy (non-hydrogen) atoms. The van der Waals surface area contributed by atoms with Crippen molar-refractivity contribution >= 4 is 17.5 Å². The van der Waals surface area contributed by atoms with Gasteiger partial charge in [-0.2, -0.15) is 87.8 Å². The topological polar surface area (TPSA) is 29.1 Å². The molecule has 0 saturated carbocycles. The van der Waals surface area contributed by atoms with Crippen LogP contribution in [0.3, 0.4) is 0 Å². The average molecular weight is 594 g/mol. The minimum Gasteiger partial charge on any atom is -0.354 e. The summed E-state index contributed by atoms with van der Waals surface area (Å²) in [4.78, 5) is 10.6. The van der Waals surface area contributed by atoms with E-state index < -0.39 is 64.6 Å². The first-order valence-electron chi connectivity index (χ1n) is 7.42. The molecule has 0 aliphatic rings. The lowest BCUT2D eigenvalue weighted by molar-refractivity contribution is -0.464. The van der Waals surface area contributed by atoms with Crippen molar-refractivity contribution < 1.29 is 92.6 Å². The van der Waals surface area contributed by atoms with Gasteiger partial charge in [-0.15, -0.1) is 0 Å². The summed E-state index contributed by atoms with van der Waals surface area (Å²) in [5, 5.41) is -6.65. The van der Waals surface area contributed by atoms with Crippen LogP contribution in [-0.4, -0.2) is 71.6 Å². The molecule has 0 unspecified atom stereocenters. The Morgan fingerprint density at radius 3 is 0.857 bits per heavy atom. The highest BCUT2D eigenvalue weighted by molar-refractivity contribution is 6.22. The Labute approximate surface area is 182 Å². The maximum atomic E-state index is 13.5. The normalized spacial score (nSPS) is 16.4. The molecular weight excluding hydrogens is 590 g/mol. The second kappa shape index (κ2) is 8.18. The number of halogens is 21. The molecular formula is C12H4ClF20NO. The van der Waals surface area contributed by atoms with Crippen molar-refractivity contribution in [2.45, 2.75) is 58.7 Å². The Morgan fingerprint density at radius 2 is 0.657 bits per heavy atom. The molecule has 0 heterocycles. The minimum absolute atomic E-state index is 0.0825. The van der Waals surface area contributed by atoms with Crippen LogP contribution in [0.2, 0.25) is 0 Å². The number of hydrogen-bond acceptors (Lipinski definition) is 1. The summed E-state index contributed by atoms with van der Waals surface area (Å²) < 4.78 is 264. The molecule has 0 fully saturated rings. The predicted molar refractivity (Wildman–Crippen MR) is 69.4 cm³/mol. The van der Waals surface area contributed by atoms with Crippen LogP contribution in [-0.2, 0) is 4.79 Å². The van der Waals surface area contributed by atoms with Crippen LogP contribution in [0, 0.1) is 0 Å². The predicted octanol–water partition coefficient (Wildman–Crippen LogP) is 6.28. The lowest BCUT2D eigenvalue weighted by atomic mass is 9.86. The monoisotopic (exact) mass is 593 g/mol. The molecule has 1 amide bonds. The van der Waals surface area contributed by atoms with Gasteiger partial charge in [0.05, 0.1) is 0 Å². The second-order valence-corrected chi connectivity index (χ2v) is 6.72. The first-order chi connectivity index (χ1) is 14.7. The van der Waals surface area contributed by atoms with Crippen LogP contribution >= 0.6 is 11.6 Å². The van der Waals surface area contributed by atoms with Gasteiger partial charge in [0.2, 0.25) is 0 Å². The van der Waals surface area contributed by atoms with Crippen LogP contribution in [0.15, 0.2) is 0 Å².